The predicted molar refractivity (Wildman–Crippen MR) is 70.9 cm³/mol. The number of amides is 1. The number of carbonyl (C=O) groups excluding carboxylic acids is 1. The maximum absolute atomic E-state index is 12.6. The SMILES string of the molecule is CC(C)(C)OC(=O)Nc1ccc(O)c(C(N)C(F)F)c1. The molecule has 7 heteroatoms. The van der Waals surface area contributed by atoms with E-state index in [0.717, 1.165) is 0 Å². The van der Waals surface area contributed by atoms with Crippen LogP contribution in [0.4, 0.5) is 19.3 Å². The van der Waals surface area contributed by atoms with E-state index in [2.05, 4.69) is 5.32 Å². The maximum atomic E-state index is 12.6. The summed E-state index contributed by atoms with van der Waals surface area (Å²) in [4.78, 5) is 11.6. The van der Waals surface area contributed by atoms with Gasteiger partial charge in [-0.15, -0.1) is 0 Å². The second kappa shape index (κ2) is 6.04. The second-order valence-electron chi connectivity index (χ2n) is 5.26. The molecule has 0 aliphatic heterocycles. The van der Waals surface area contributed by atoms with Crippen molar-refractivity contribution in [2.24, 2.45) is 5.73 Å². The lowest BCUT2D eigenvalue weighted by Crippen LogP contribution is -2.27. The molecule has 1 unspecified atom stereocenters. The Hall–Kier alpha value is -1.89. The number of phenolic OH excluding ortho intramolecular Hbond substituents is 1. The number of rotatable bonds is 3. The molecule has 1 amide bonds. The Balaban J connectivity index is 2.88. The van der Waals surface area contributed by atoms with Crippen molar-refractivity contribution in [1.29, 1.82) is 0 Å². The molecule has 0 fully saturated rings. The molecular formula is C13H18F2N2O3. The molecule has 4 N–H and O–H groups in total. The molecule has 0 radical (unpaired) electrons. The molecular weight excluding hydrogens is 270 g/mol. The molecule has 0 spiro atoms. The summed E-state index contributed by atoms with van der Waals surface area (Å²) in [5, 5.41) is 11.9. The fourth-order valence-corrected chi connectivity index (χ4v) is 1.46. The number of phenols is 1. The predicted octanol–water partition coefficient (Wildman–Crippen LogP) is 3.00. The van der Waals surface area contributed by atoms with Crippen molar-refractivity contribution < 1.29 is 23.4 Å². The third kappa shape index (κ3) is 4.65. The molecule has 5 nitrogen and oxygen atoms in total. The van der Waals surface area contributed by atoms with Gasteiger partial charge in [0, 0.05) is 11.3 Å². The fraction of sp³-hybridized carbons (Fsp3) is 0.462. The Kier molecular flexibility index (Phi) is 4.88. The minimum Gasteiger partial charge on any atom is -0.508 e. The first-order chi connectivity index (χ1) is 9.10. The van der Waals surface area contributed by atoms with Crippen LogP contribution >= 0.6 is 0 Å². The van der Waals surface area contributed by atoms with Gasteiger partial charge in [0.05, 0.1) is 6.04 Å². The van der Waals surface area contributed by atoms with E-state index in [0.29, 0.717) is 0 Å². The van der Waals surface area contributed by atoms with Crippen molar-refractivity contribution in [1.82, 2.24) is 0 Å². The number of hydrogen-bond donors (Lipinski definition) is 3. The highest BCUT2D eigenvalue weighted by Crippen LogP contribution is 2.29. The monoisotopic (exact) mass is 288 g/mol. The van der Waals surface area contributed by atoms with Gasteiger partial charge >= 0.3 is 6.09 Å². The van der Waals surface area contributed by atoms with E-state index in [1.807, 2.05) is 0 Å². The summed E-state index contributed by atoms with van der Waals surface area (Å²) in [7, 11) is 0. The molecule has 0 bridgehead atoms. The zero-order valence-electron chi connectivity index (χ0n) is 11.5. The average Bonchev–Trinajstić information content (AvgIpc) is 2.28. The van der Waals surface area contributed by atoms with Crippen molar-refractivity contribution in [3.05, 3.63) is 23.8 Å². The van der Waals surface area contributed by atoms with Crippen molar-refractivity contribution in [2.45, 2.75) is 38.8 Å². The molecule has 0 saturated heterocycles. The smallest absolute Gasteiger partial charge is 0.412 e. The normalized spacial score (nSPS) is 13.2. The Morgan fingerprint density at radius 2 is 2.00 bits per heavy atom. The van der Waals surface area contributed by atoms with E-state index < -0.39 is 24.2 Å². The zero-order valence-corrected chi connectivity index (χ0v) is 11.5. The molecule has 112 valence electrons. The largest absolute Gasteiger partial charge is 0.508 e. The van der Waals surface area contributed by atoms with Gasteiger partial charge in [-0.1, -0.05) is 0 Å². The van der Waals surface area contributed by atoms with Crippen LogP contribution in [0.2, 0.25) is 0 Å². The van der Waals surface area contributed by atoms with Gasteiger partial charge in [-0.25, -0.2) is 13.6 Å². The van der Waals surface area contributed by atoms with E-state index in [9.17, 15) is 18.7 Å². The number of alkyl halides is 2. The van der Waals surface area contributed by atoms with Crippen molar-refractivity contribution in [2.75, 3.05) is 5.32 Å². The van der Waals surface area contributed by atoms with Crippen LogP contribution in [-0.2, 0) is 4.74 Å². The van der Waals surface area contributed by atoms with Gasteiger partial charge in [-0.2, -0.15) is 0 Å². The first kappa shape index (κ1) is 16.2. The lowest BCUT2D eigenvalue weighted by Gasteiger charge is -2.20. The topological polar surface area (TPSA) is 84.6 Å². The number of hydrogen-bond acceptors (Lipinski definition) is 4. The Morgan fingerprint density at radius 1 is 1.40 bits per heavy atom. The standard InChI is InChI=1S/C13H18F2N2O3/c1-13(2,3)20-12(19)17-7-4-5-9(18)8(6-7)10(16)11(14)15/h4-6,10-11,18H,16H2,1-3H3,(H,17,19). The van der Waals surface area contributed by atoms with Gasteiger partial charge in [0.2, 0.25) is 0 Å². The summed E-state index contributed by atoms with van der Waals surface area (Å²) in [5.74, 6) is -0.354. The highest BCUT2D eigenvalue weighted by molar-refractivity contribution is 5.85. The number of carbonyl (C=O) groups is 1. The number of nitrogens with two attached hydrogens (primary N) is 1. The van der Waals surface area contributed by atoms with E-state index in [1.165, 1.54) is 18.2 Å². The number of anilines is 1. The van der Waals surface area contributed by atoms with Crippen LogP contribution in [0.25, 0.3) is 0 Å². The van der Waals surface area contributed by atoms with E-state index in [4.69, 9.17) is 10.5 Å². The number of nitrogens with one attached hydrogen (secondary N) is 1. The Labute approximate surface area is 115 Å². The van der Waals surface area contributed by atoms with Crippen molar-refractivity contribution in [3.63, 3.8) is 0 Å². The third-order valence-electron chi connectivity index (χ3n) is 2.30. The van der Waals surface area contributed by atoms with E-state index in [-0.39, 0.29) is 17.0 Å². The third-order valence-corrected chi connectivity index (χ3v) is 2.30. The van der Waals surface area contributed by atoms with Crippen LogP contribution in [0, 0.1) is 0 Å². The van der Waals surface area contributed by atoms with Crippen LogP contribution in [0.1, 0.15) is 32.4 Å². The van der Waals surface area contributed by atoms with Gasteiger partial charge in [0.1, 0.15) is 11.4 Å². The Bertz CT molecular complexity index is 487. The summed E-state index contributed by atoms with van der Waals surface area (Å²) in [6.07, 6.45) is -3.54. The van der Waals surface area contributed by atoms with Gasteiger partial charge in [0.25, 0.3) is 6.43 Å². The molecule has 0 aliphatic rings. The molecule has 0 heterocycles. The lowest BCUT2D eigenvalue weighted by molar-refractivity contribution is 0.0636. The highest BCUT2D eigenvalue weighted by Gasteiger charge is 2.22. The van der Waals surface area contributed by atoms with Crippen LogP contribution in [0.5, 0.6) is 5.75 Å². The number of halogens is 2. The first-order valence-corrected chi connectivity index (χ1v) is 5.97. The molecule has 0 saturated carbocycles. The highest BCUT2D eigenvalue weighted by atomic mass is 19.3. The summed E-state index contributed by atoms with van der Waals surface area (Å²) >= 11 is 0. The average molecular weight is 288 g/mol. The molecule has 1 aromatic rings. The second-order valence-corrected chi connectivity index (χ2v) is 5.26. The van der Waals surface area contributed by atoms with Gasteiger partial charge in [0.15, 0.2) is 0 Å². The number of ether oxygens (including phenoxy) is 1. The quantitative estimate of drug-likeness (QED) is 0.746. The van der Waals surface area contributed by atoms with Crippen LogP contribution < -0.4 is 11.1 Å². The van der Waals surface area contributed by atoms with Crippen LogP contribution in [0.15, 0.2) is 18.2 Å². The van der Waals surface area contributed by atoms with Crippen molar-refractivity contribution >= 4 is 11.8 Å². The minimum absolute atomic E-state index is 0.145. The van der Waals surface area contributed by atoms with Crippen LogP contribution in [0.3, 0.4) is 0 Å². The van der Waals surface area contributed by atoms with Gasteiger partial charge in [-0.05, 0) is 39.0 Å². The fourth-order valence-electron chi connectivity index (χ4n) is 1.46. The molecule has 1 aromatic carbocycles. The van der Waals surface area contributed by atoms with Gasteiger partial charge < -0.3 is 15.6 Å². The van der Waals surface area contributed by atoms with Crippen LogP contribution in [-0.4, -0.2) is 23.2 Å². The number of benzene rings is 1. The van der Waals surface area contributed by atoms with E-state index >= 15 is 0 Å². The van der Waals surface area contributed by atoms with E-state index in [1.54, 1.807) is 20.8 Å². The molecule has 0 aromatic heterocycles. The summed E-state index contributed by atoms with van der Waals surface area (Å²) in [5.41, 5.74) is 4.68. The van der Waals surface area contributed by atoms with Gasteiger partial charge in [-0.3, -0.25) is 5.32 Å². The maximum Gasteiger partial charge on any atom is 0.412 e. The molecule has 20 heavy (non-hydrogen) atoms. The summed E-state index contributed by atoms with van der Waals surface area (Å²) in [6.45, 7) is 5.09. The number of aromatic hydroxyl groups is 1. The Morgan fingerprint density at radius 3 is 2.50 bits per heavy atom. The van der Waals surface area contributed by atoms with Crippen molar-refractivity contribution in [3.8, 4) is 5.75 Å². The zero-order chi connectivity index (χ0) is 15.5. The lowest BCUT2D eigenvalue weighted by atomic mass is 10.1. The molecule has 1 atom stereocenters. The summed E-state index contributed by atoms with van der Waals surface area (Å²) < 4.78 is 30.2. The summed E-state index contributed by atoms with van der Waals surface area (Å²) in [6, 6.07) is 2.11. The first-order valence-electron chi connectivity index (χ1n) is 5.97. The molecule has 0 aliphatic carbocycles. The molecule has 1 rings (SSSR count). The minimum atomic E-state index is -2.82.